The van der Waals surface area contributed by atoms with Crippen molar-refractivity contribution in [1.29, 1.82) is 0 Å². The van der Waals surface area contributed by atoms with E-state index in [1.165, 1.54) is 5.06 Å². The van der Waals surface area contributed by atoms with Crippen molar-refractivity contribution in [3.05, 3.63) is 35.4 Å². The third-order valence-corrected chi connectivity index (χ3v) is 2.64. The molecule has 2 N–H and O–H groups in total. The standard InChI is InChI=1S/C12H16N2O2/c13-7-6-10-4-1-2-5-11(10)12(15)14-8-3-9-16-14/h1-2,4-5H,3,6-9,13H2. The highest BCUT2D eigenvalue weighted by molar-refractivity contribution is 5.95. The summed E-state index contributed by atoms with van der Waals surface area (Å²) >= 11 is 0. The van der Waals surface area contributed by atoms with Gasteiger partial charge in [-0.1, -0.05) is 18.2 Å². The number of amides is 1. The van der Waals surface area contributed by atoms with E-state index in [-0.39, 0.29) is 5.91 Å². The molecule has 4 nitrogen and oxygen atoms in total. The molecule has 0 saturated carbocycles. The fourth-order valence-electron chi connectivity index (χ4n) is 1.84. The van der Waals surface area contributed by atoms with Crippen molar-refractivity contribution in [2.24, 2.45) is 5.73 Å². The Bertz CT molecular complexity index is 373. The molecule has 86 valence electrons. The second-order valence-corrected chi connectivity index (χ2v) is 3.79. The van der Waals surface area contributed by atoms with E-state index in [0.717, 1.165) is 18.4 Å². The maximum absolute atomic E-state index is 12.1. The molecule has 1 saturated heterocycles. The highest BCUT2D eigenvalue weighted by atomic mass is 16.7. The van der Waals surface area contributed by atoms with Gasteiger partial charge >= 0.3 is 0 Å². The van der Waals surface area contributed by atoms with E-state index >= 15 is 0 Å². The minimum absolute atomic E-state index is 0.0541. The fraction of sp³-hybridized carbons (Fsp3) is 0.417. The lowest BCUT2D eigenvalue weighted by atomic mass is 10.0. The van der Waals surface area contributed by atoms with Crippen LogP contribution in [-0.4, -0.2) is 30.7 Å². The molecular weight excluding hydrogens is 204 g/mol. The van der Waals surface area contributed by atoms with Gasteiger partial charge in [0.2, 0.25) is 0 Å². The number of hydrogen-bond donors (Lipinski definition) is 1. The molecule has 1 aromatic carbocycles. The van der Waals surface area contributed by atoms with Crippen LogP contribution in [0.2, 0.25) is 0 Å². The molecule has 1 aromatic rings. The van der Waals surface area contributed by atoms with E-state index in [9.17, 15) is 4.79 Å². The Kier molecular flexibility index (Phi) is 3.54. The molecule has 2 rings (SSSR count). The number of nitrogens with zero attached hydrogens (tertiary/aromatic N) is 1. The van der Waals surface area contributed by atoms with Crippen molar-refractivity contribution in [3.63, 3.8) is 0 Å². The first-order valence-corrected chi connectivity index (χ1v) is 5.55. The first kappa shape index (κ1) is 11.1. The van der Waals surface area contributed by atoms with Gasteiger partial charge in [-0.2, -0.15) is 0 Å². The molecule has 0 bridgehead atoms. The maximum Gasteiger partial charge on any atom is 0.277 e. The highest BCUT2D eigenvalue weighted by Gasteiger charge is 2.22. The lowest BCUT2D eigenvalue weighted by Crippen LogP contribution is -2.27. The van der Waals surface area contributed by atoms with Gasteiger partial charge in [-0.15, -0.1) is 0 Å². The van der Waals surface area contributed by atoms with Crippen LogP contribution in [0.3, 0.4) is 0 Å². The molecule has 16 heavy (non-hydrogen) atoms. The summed E-state index contributed by atoms with van der Waals surface area (Å²) in [7, 11) is 0. The number of nitrogens with two attached hydrogens (primary N) is 1. The van der Waals surface area contributed by atoms with Gasteiger partial charge in [-0.25, -0.2) is 5.06 Å². The molecule has 0 aromatic heterocycles. The van der Waals surface area contributed by atoms with Crippen LogP contribution in [0.25, 0.3) is 0 Å². The molecule has 1 aliphatic heterocycles. The molecule has 0 radical (unpaired) electrons. The van der Waals surface area contributed by atoms with Crippen LogP contribution < -0.4 is 5.73 Å². The van der Waals surface area contributed by atoms with Crippen molar-refractivity contribution in [2.75, 3.05) is 19.7 Å². The van der Waals surface area contributed by atoms with Crippen LogP contribution in [0.15, 0.2) is 24.3 Å². The van der Waals surface area contributed by atoms with Crippen molar-refractivity contribution < 1.29 is 9.63 Å². The zero-order valence-electron chi connectivity index (χ0n) is 9.19. The second kappa shape index (κ2) is 5.09. The molecule has 1 aliphatic rings. The summed E-state index contributed by atoms with van der Waals surface area (Å²) < 4.78 is 0. The summed E-state index contributed by atoms with van der Waals surface area (Å²) in [6, 6.07) is 7.56. The number of carbonyl (C=O) groups excluding carboxylic acids is 1. The van der Waals surface area contributed by atoms with Crippen molar-refractivity contribution in [2.45, 2.75) is 12.8 Å². The first-order valence-electron chi connectivity index (χ1n) is 5.55. The quantitative estimate of drug-likeness (QED) is 0.825. The Morgan fingerprint density at radius 1 is 1.44 bits per heavy atom. The van der Waals surface area contributed by atoms with Crippen LogP contribution in [0.4, 0.5) is 0 Å². The van der Waals surface area contributed by atoms with Crippen molar-refractivity contribution in [3.8, 4) is 0 Å². The van der Waals surface area contributed by atoms with Gasteiger partial charge in [0.25, 0.3) is 5.91 Å². The normalized spacial score (nSPS) is 15.4. The van der Waals surface area contributed by atoms with Crippen LogP contribution >= 0.6 is 0 Å². The Balaban J connectivity index is 2.21. The highest BCUT2D eigenvalue weighted by Crippen LogP contribution is 2.15. The minimum Gasteiger partial charge on any atom is -0.330 e. The number of benzene rings is 1. The summed E-state index contributed by atoms with van der Waals surface area (Å²) in [4.78, 5) is 17.4. The third-order valence-electron chi connectivity index (χ3n) is 2.64. The van der Waals surface area contributed by atoms with Crippen LogP contribution in [0, 0.1) is 0 Å². The smallest absolute Gasteiger partial charge is 0.277 e. The SMILES string of the molecule is NCCc1ccccc1C(=O)N1CCCO1. The zero-order valence-corrected chi connectivity index (χ0v) is 9.19. The second-order valence-electron chi connectivity index (χ2n) is 3.79. The van der Waals surface area contributed by atoms with Crippen molar-refractivity contribution in [1.82, 2.24) is 5.06 Å². The van der Waals surface area contributed by atoms with Crippen molar-refractivity contribution >= 4 is 5.91 Å². The molecule has 0 unspecified atom stereocenters. The van der Waals surface area contributed by atoms with E-state index in [1.807, 2.05) is 24.3 Å². The monoisotopic (exact) mass is 220 g/mol. The molecule has 0 atom stereocenters. The molecule has 0 aliphatic carbocycles. The number of hydrogen-bond acceptors (Lipinski definition) is 3. The Morgan fingerprint density at radius 3 is 2.94 bits per heavy atom. The van der Waals surface area contributed by atoms with Crippen LogP contribution in [0.1, 0.15) is 22.3 Å². The number of hydroxylamine groups is 2. The Morgan fingerprint density at radius 2 is 2.25 bits per heavy atom. The predicted molar refractivity (Wildman–Crippen MR) is 60.8 cm³/mol. The fourth-order valence-corrected chi connectivity index (χ4v) is 1.84. The van der Waals surface area contributed by atoms with E-state index < -0.39 is 0 Å². The van der Waals surface area contributed by atoms with Gasteiger partial charge in [0, 0.05) is 5.56 Å². The Hall–Kier alpha value is -1.39. The summed E-state index contributed by atoms with van der Waals surface area (Å²) in [5, 5.41) is 1.44. The minimum atomic E-state index is -0.0541. The largest absolute Gasteiger partial charge is 0.330 e. The topological polar surface area (TPSA) is 55.6 Å². The Labute approximate surface area is 94.9 Å². The molecule has 0 spiro atoms. The van der Waals surface area contributed by atoms with Gasteiger partial charge in [-0.3, -0.25) is 9.63 Å². The summed E-state index contributed by atoms with van der Waals surface area (Å²) in [5.41, 5.74) is 7.22. The average molecular weight is 220 g/mol. The zero-order chi connectivity index (χ0) is 11.4. The van der Waals surface area contributed by atoms with E-state index in [1.54, 1.807) is 0 Å². The number of rotatable bonds is 3. The van der Waals surface area contributed by atoms with Crippen LogP contribution in [-0.2, 0) is 11.3 Å². The molecular formula is C12H16N2O2. The van der Waals surface area contributed by atoms with E-state index in [0.29, 0.717) is 25.3 Å². The van der Waals surface area contributed by atoms with E-state index in [2.05, 4.69) is 0 Å². The lowest BCUT2D eigenvalue weighted by Gasteiger charge is -2.16. The van der Waals surface area contributed by atoms with Gasteiger partial charge < -0.3 is 5.73 Å². The molecule has 4 heteroatoms. The summed E-state index contributed by atoms with van der Waals surface area (Å²) in [5.74, 6) is -0.0541. The third kappa shape index (κ3) is 2.23. The van der Waals surface area contributed by atoms with E-state index in [4.69, 9.17) is 10.6 Å². The average Bonchev–Trinajstić information content (AvgIpc) is 2.83. The van der Waals surface area contributed by atoms with Crippen LogP contribution in [0.5, 0.6) is 0 Å². The molecule has 1 heterocycles. The van der Waals surface area contributed by atoms with Gasteiger partial charge in [0.1, 0.15) is 0 Å². The van der Waals surface area contributed by atoms with Gasteiger partial charge in [0.15, 0.2) is 0 Å². The molecule has 1 amide bonds. The number of carbonyl (C=O) groups is 1. The molecule has 1 fully saturated rings. The first-order chi connectivity index (χ1) is 7.83. The van der Waals surface area contributed by atoms with Gasteiger partial charge in [0.05, 0.1) is 13.2 Å². The summed E-state index contributed by atoms with van der Waals surface area (Å²) in [6.45, 7) is 1.85. The predicted octanol–water partition coefficient (Wildman–Crippen LogP) is 0.965. The van der Waals surface area contributed by atoms with Gasteiger partial charge in [-0.05, 0) is 31.0 Å². The lowest BCUT2D eigenvalue weighted by molar-refractivity contribution is -0.0769. The summed E-state index contributed by atoms with van der Waals surface area (Å²) in [6.07, 6.45) is 1.63. The maximum atomic E-state index is 12.1.